The number of nitrogens with zero attached hydrogens (tertiary/aromatic N) is 2. The smallest absolute Gasteiger partial charge is 0.272 e. The summed E-state index contributed by atoms with van der Waals surface area (Å²) in [7, 11) is 1.67. The number of aromatic nitrogens is 1. The molecule has 0 saturated carbocycles. The minimum atomic E-state index is -0.647. The minimum Gasteiger partial charge on any atom is -0.359 e. The maximum atomic E-state index is 13.0. The van der Waals surface area contributed by atoms with Crippen LogP contribution >= 0.6 is 11.3 Å². The van der Waals surface area contributed by atoms with Gasteiger partial charge in [0.15, 0.2) is 0 Å². The third-order valence-corrected chi connectivity index (χ3v) is 6.65. The molecule has 6 heteroatoms. The van der Waals surface area contributed by atoms with Crippen LogP contribution in [0, 0.1) is 5.41 Å². The van der Waals surface area contributed by atoms with Gasteiger partial charge in [0, 0.05) is 31.2 Å². The lowest BCUT2D eigenvalue weighted by atomic mass is 9.74. The number of rotatable bonds is 5. The number of pyridine rings is 1. The molecule has 2 aromatic heterocycles. The van der Waals surface area contributed by atoms with Crippen molar-refractivity contribution in [1.29, 1.82) is 0 Å². The number of carbonyl (C=O) groups excluding carboxylic acids is 2. The van der Waals surface area contributed by atoms with Gasteiger partial charge in [-0.2, -0.15) is 0 Å². The van der Waals surface area contributed by atoms with Crippen LogP contribution in [-0.4, -0.2) is 41.8 Å². The van der Waals surface area contributed by atoms with E-state index in [0.717, 1.165) is 24.0 Å². The first kappa shape index (κ1) is 20.3. The molecule has 1 aromatic carbocycles. The van der Waals surface area contributed by atoms with E-state index in [4.69, 9.17) is 0 Å². The number of carbonyl (C=O) groups is 2. The standard InChI is InChI=1S/C24H25N3O2S/c1-25-23(29)24(16-18-7-4-8-19(15-18)21-10-5-14-30-21)11-6-13-27(17-24)22(28)20-9-2-3-12-26-20/h2-5,7-10,12,14-15H,6,11,13,16-17H2,1H3,(H,25,29)/t24-/m0/s1. The largest absolute Gasteiger partial charge is 0.359 e. The second kappa shape index (κ2) is 8.79. The van der Waals surface area contributed by atoms with Crippen LogP contribution in [0.5, 0.6) is 0 Å². The Bertz CT molecular complexity index is 1020. The number of thiophene rings is 1. The zero-order valence-corrected chi connectivity index (χ0v) is 17.8. The highest BCUT2D eigenvalue weighted by molar-refractivity contribution is 7.13. The average Bonchev–Trinajstić information content (AvgIpc) is 3.34. The molecule has 30 heavy (non-hydrogen) atoms. The van der Waals surface area contributed by atoms with Gasteiger partial charge in [-0.05, 0) is 54.0 Å². The van der Waals surface area contributed by atoms with Crippen molar-refractivity contribution in [2.45, 2.75) is 19.3 Å². The van der Waals surface area contributed by atoms with Crippen LogP contribution in [0.1, 0.15) is 28.9 Å². The van der Waals surface area contributed by atoms with Gasteiger partial charge in [-0.1, -0.05) is 36.4 Å². The van der Waals surface area contributed by atoms with E-state index in [0.29, 0.717) is 25.2 Å². The van der Waals surface area contributed by atoms with Crippen LogP contribution in [-0.2, 0) is 11.2 Å². The lowest BCUT2D eigenvalue weighted by molar-refractivity contribution is -0.133. The number of amides is 2. The molecule has 1 atom stereocenters. The van der Waals surface area contributed by atoms with Crippen LogP contribution in [0.3, 0.4) is 0 Å². The summed E-state index contributed by atoms with van der Waals surface area (Å²) in [6.07, 6.45) is 3.76. The van der Waals surface area contributed by atoms with Gasteiger partial charge < -0.3 is 10.2 Å². The van der Waals surface area contributed by atoms with E-state index in [-0.39, 0.29) is 11.8 Å². The third-order valence-electron chi connectivity index (χ3n) is 5.73. The van der Waals surface area contributed by atoms with E-state index in [1.54, 1.807) is 41.6 Å². The molecule has 0 spiro atoms. The van der Waals surface area contributed by atoms with E-state index in [9.17, 15) is 9.59 Å². The normalized spacial score (nSPS) is 18.8. The van der Waals surface area contributed by atoms with Crippen molar-refractivity contribution >= 4 is 23.2 Å². The highest BCUT2D eigenvalue weighted by Gasteiger charge is 2.43. The van der Waals surface area contributed by atoms with Crippen LogP contribution in [0.15, 0.2) is 66.2 Å². The zero-order valence-electron chi connectivity index (χ0n) is 17.0. The number of likely N-dealkylation sites (tertiary alicyclic amines) is 1. The highest BCUT2D eigenvalue weighted by atomic mass is 32.1. The first-order chi connectivity index (χ1) is 14.6. The summed E-state index contributed by atoms with van der Waals surface area (Å²) in [6.45, 7) is 1.04. The molecule has 3 aromatic rings. The van der Waals surface area contributed by atoms with E-state index < -0.39 is 5.41 Å². The SMILES string of the molecule is CNC(=O)[C@]1(Cc2cccc(-c3cccs3)c2)CCCN(C(=O)c2ccccn2)C1. The van der Waals surface area contributed by atoms with Crippen LogP contribution < -0.4 is 5.32 Å². The maximum Gasteiger partial charge on any atom is 0.272 e. The van der Waals surface area contributed by atoms with E-state index in [1.165, 1.54) is 4.88 Å². The molecule has 1 N–H and O–H groups in total. The van der Waals surface area contributed by atoms with Crippen molar-refractivity contribution in [2.75, 3.05) is 20.1 Å². The summed E-state index contributed by atoms with van der Waals surface area (Å²) in [4.78, 5) is 33.2. The van der Waals surface area contributed by atoms with Crippen molar-refractivity contribution in [3.8, 4) is 10.4 Å². The fourth-order valence-corrected chi connectivity index (χ4v) is 5.02. The number of piperidine rings is 1. The van der Waals surface area contributed by atoms with Gasteiger partial charge in [-0.25, -0.2) is 0 Å². The van der Waals surface area contributed by atoms with Gasteiger partial charge in [0.25, 0.3) is 5.91 Å². The number of hydrogen-bond acceptors (Lipinski definition) is 4. The van der Waals surface area contributed by atoms with Gasteiger partial charge in [0.1, 0.15) is 5.69 Å². The predicted octanol–water partition coefficient (Wildman–Crippen LogP) is 4.02. The van der Waals surface area contributed by atoms with Crippen molar-refractivity contribution < 1.29 is 9.59 Å². The lowest BCUT2D eigenvalue weighted by Crippen LogP contribution is -2.54. The Hall–Kier alpha value is -2.99. The Morgan fingerprint density at radius 2 is 2.07 bits per heavy atom. The van der Waals surface area contributed by atoms with Gasteiger partial charge in [-0.3, -0.25) is 14.6 Å². The van der Waals surface area contributed by atoms with Gasteiger partial charge in [0.05, 0.1) is 5.41 Å². The molecule has 1 saturated heterocycles. The minimum absolute atomic E-state index is 0.0115. The van der Waals surface area contributed by atoms with E-state index in [1.807, 2.05) is 18.2 Å². The predicted molar refractivity (Wildman–Crippen MR) is 119 cm³/mol. The summed E-state index contributed by atoms with van der Waals surface area (Å²) in [5, 5.41) is 4.91. The first-order valence-electron chi connectivity index (χ1n) is 10.2. The summed E-state index contributed by atoms with van der Waals surface area (Å²) < 4.78 is 0. The summed E-state index contributed by atoms with van der Waals surface area (Å²) in [5.74, 6) is -0.126. The number of hydrogen-bond donors (Lipinski definition) is 1. The summed E-state index contributed by atoms with van der Waals surface area (Å²) in [6, 6.07) is 17.9. The Morgan fingerprint density at radius 1 is 1.17 bits per heavy atom. The molecule has 4 rings (SSSR count). The summed E-state index contributed by atoms with van der Waals surface area (Å²) in [5.41, 5.74) is 2.04. The quantitative estimate of drug-likeness (QED) is 0.679. The van der Waals surface area contributed by atoms with Gasteiger partial charge in [0.2, 0.25) is 5.91 Å². The van der Waals surface area contributed by atoms with E-state index >= 15 is 0 Å². The average molecular weight is 420 g/mol. The topological polar surface area (TPSA) is 62.3 Å². The Balaban J connectivity index is 1.61. The molecule has 0 unspecified atom stereocenters. The lowest BCUT2D eigenvalue weighted by Gasteiger charge is -2.41. The molecule has 5 nitrogen and oxygen atoms in total. The van der Waals surface area contributed by atoms with Crippen LogP contribution in [0.2, 0.25) is 0 Å². The number of benzene rings is 1. The molecule has 1 fully saturated rings. The monoisotopic (exact) mass is 419 g/mol. The van der Waals surface area contributed by atoms with E-state index in [2.05, 4.69) is 39.9 Å². The third kappa shape index (κ3) is 4.14. The second-order valence-electron chi connectivity index (χ2n) is 7.76. The fraction of sp³-hybridized carbons (Fsp3) is 0.292. The fourth-order valence-electron chi connectivity index (χ4n) is 4.30. The molecule has 1 aliphatic heterocycles. The molecule has 2 amide bonds. The first-order valence-corrected chi connectivity index (χ1v) is 11.0. The van der Waals surface area contributed by atoms with Crippen molar-refractivity contribution in [3.63, 3.8) is 0 Å². The zero-order chi connectivity index (χ0) is 21.0. The molecular formula is C24H25N3O2S. The molecule has 0 aliphatic carbocycles. The van der Waals surface area contributed by atoms with Gasteiger partial charge >= 0.3 is 0 Å². The summed E-state index contributed by atoms with van der Waals surface area (Å²) >= 11 is 1.70. The highest BCUT2D eigenvalue weighted by Crippen LogP contribution is 2.36. The Morgan fingerprint density at radius 3 is 2.80 bits per heavy atom. The van der Waals surface area contributed by atoms with Crippen LogP contribution in [0.4, 0.5) is 0 Å². The van der Waals surface area contributed by atoms with Crippen LogP contribution in [0.25, 0.3) is 10.4 Å². The Kier molecular flexibility index (Phi) is 5.95. The molecule has 0 bridgehead atoms. The second-order valence-corrected chi connectivity index (χ2v) is 8.71. The molecule has 0 radical (unpaired) electrons. The molecular weight excluding hydrogens is 394 g/mol. The molecule has 154 valence electrons. The van der Waals surface area contributed by atoms with Crippen molar-refractivity contribution in [2.24, 2.45) is 5.41 Å². The van der Waals surface area contributed by atoms with Crippen molar-refractivity contribution in [1.82, 2.24) is 15.2 Å². The Labute approximate surface area is 180 Å². The molecule has 1 aliphatic rings. The number of nitrogens with one attached hydrogen (secondary N) is 1. The maximum absolute atomic E-state index is 13.0. The van der Waals surface area contributed by atoms with Crippen molar-refractivity contribution in [3.05, 3.63) is 77.4 Å². The molecule has 3 heterocycles. The van der Waals surface area contributed by atoms with Gasteiger partial charge in [-0.15, -0.1) is 11.3 Å².